The molecule has 3 aliphatic heterocycles. The number of amides is 8. The van der Waals surface area contributed by atoms with Gasteiger partial charge in [-0.05, 0) is 102 Å². The van der Waals surface area contributed by atoms with Crippen LogP contribution in [-0.4, -0.2) is 170 Å². The third-order valence-electron chi connectivity index (χ3n) is 13.0. The minimum atomic E-state index is -1.76. The summed E-state index contributed by atoms with van der Waals surface area (Å²) in [6.45, 7) is 7.09. The molecule has 69 heavy (non-hydrogen) atoms. The molecule has 1 aromatic carbocycles. The van der Waals surface area contributed by atoms with Gasteiger partial charge in [0.2, 0.25) is 47.3 Å². The van der Waals surface area contributed by atoms with E-state index < -0.39 is 126 Å². The van der Waals surface area contributed by atoms with E-state index in [0.29, 0.717) is 63.6 Å². The molecule has 23 heteroatoms. The number of carbonyl (C=O) groups excluding carboxylic acids is 8. The lowest BCUT2D eigenvalue weighted by atomic mass is 9.97. The Balaban J connectivity index is 1.55. The highest BCUT2D eigenvalue weighted by atomic mass is 16.4. The van der Waals surface area contributed by atoms with Gasteiger partial charge in [-0.3, -0.25) is 47.9 Å². The molecule has 0 unspecified atom stereocenters. The van der Waals surface area contributed by atoms with Crippen molar-refractivity contribution in [1.29, 1.82) is 0 Å². The Morgan fingerprint density at radius 1 is 0.652 bits per heavy atom. The number of likely N-dealkylation sites (tertiary alicyclic amines) is 3. The topological polar surface area (TPSA) is 353 Å². The zero-order valence-electron chi connectivity index (χ0n) is 39.8. The first kappa shape index (κ1) is 55.2. The molecule has 3 saturated heterocycles. The Morgan fingerprint density at radius 3 is 1.62 bits per heavy atom. The van der Waals surface area contributed by atoms with Crippen LogP contribution in [0.3, 0.4) is 0 Å². The number of aliphatic carboxylic acids is 2. The summed E-state index contributed by atoms with van der Waals surface area (Å²) in [4.78, 5) is 138. The SMILES string of the molecule is CC[C@H](C)[C@H](NC(=O)[C@@H]1CCCN1C(=O)[C@H](Cc1ccc(O)cc1)NC(=O)[C@H](CC(=O)O)NC(=O)[C@@H]1CCCN1C(=O)[C@H](CCCCN)NC(=O)[C@@H]1CCCN1C(=O)[C@H](C)N)C(=O)N[C@@H](C)C(=O)O. The number of aromatic hydroxyl groups is 1. The summed E-state index contributed by atoms with van der Waals surface area (Å²) in [5.41, 5.74) is 12.0. The van der Waals surface area contributed by atoms with Crippen molar-refractivity contribution in [3.63, 3.8) is 0 Å². The van der Waals surface area contributed by atoms with E-state index in [0.717, 1.165) is 0 Å². The average Bonchev–Trinajstić information content (AvgIpc) is 4.12. The minimum absolute atomic E-state index is 0.0631. The van der Waals surface area contributed by atoms with Crippen molar-refractivity contribution in [3.05, 3.63) is 29.8 Å². The number of carbonyl (C=O) groups is 10. The van der Waals surface area contributed by atoms with Crippen molar-refractivity contribution in [2.75, 3.05) is 26.2 Å². The van der Waals surface area contributed by atoms with E-state index in [1.54, 1.807) is 13.8 Å². The van der Waals surface area contributed by atoms with Crippen molar-refractivity contribution < 1.29 is 63.3 Å². The first-order chi connectivity index (χ1) is 32.7. The van der Waals surface area contributed by atoms with Gasteiger partial charge < -0.3 is 68.1 Å². The number of phenolic OH excluding ortho intramolecular Hbond substituents is 1. The van der Waals surface area contributed by atoms with Gasteiger partial charge in [0.05, 0.1) is 12.5 Å². The van der Waals surface area contributed by atoms with E-state index in [1.807, 2.05) is 0 Å². The average molecular weight is 971 g/mol. The standard InChI is InChI=1S/C46H70N10O13/c1-5-25(2)37(42(64)49-27(4)46(68)69)53-41(63)35-14-10-22-56(35)45(67)32(23-28-15-17-29(57)18-16-28)52-38(60)31(24-36(58)59)51-40(62)34-13-9-21-55(34)44(66)30(11-6-7-19-47)50-39(61)33-12-8-20-54(33)43(65)26(3)48/h15-18,25-27,30-35,37,57H,5-14,19-24,47-48H2,1-4H3,(H,49,64)(H,50,61)(H,51,62)(H,52,60)(H,53,63)(H,58,59)(H,68,69)/t25-,26-,27-,30-,31-,32-,33-,34-,35-,37-/m0/s1. The van der Waals surface area contributed by atoms with Gasteiger partial charge in [0.1, 0.15) is 54.1 Å². The molecule has 1 aromatic rings. The molecule has 23 nitrogen and oxygen atoms in total. The van der Waals surface area contributed by atoms with E-state index in [9.17, 15) is 63.3 Å². The smallest absolute Gasteiger partial charge is 0.325 e. The maximum atomic E-state index is 14.5. The molecule has 0 aromatic heterocycles. The molecule has 0 saturated carbocycles. The lowest BCUT2D eigenvalue weighted by Gasteiger charge is -2.32. The predicted octanol–water partition coefficient (Wildman–Crippen LogP) is -1.57. The summed E-state index contributed by atoms with van der Waals surface area (Å²) >= 11 is 0. The number of hydrogen-bond acceptors (Lipinski definition) is 13. The number of benzene rings is 1. The van der Waals surface area contributed by atoms with Crippen LogP contribution in [0.2, 0.25) is 0 Å². The molecule has 382 valence electrons. The predicted molar refractivity (Wildman–Crippen MR) is 247 cm³/mol. The largest absolute Gasteiger partial charge is 0.508 e. The van der Waals surface area contributed by atoms with Crippen LogP contribution in [-0.2, 0) is 54.4 Å². The highest BCUT2D eigenvalue weighted by molar-refractivity contribution is 5.99. The second-order valence-electron chi connectivity index (χ2n) is 18.2. The third-order valence-corrected chi connectivity index (χ3v) is 13.0. The Hall–Kier alpha value is -6.36. The van der Waals surface area contributed by atoms with Crippen molar-refractivity contribution in [2.24, 2.45) is 17.4 Å². The molecule has 3 aliphatic rings. The van der Waals surface area contributed by atoms with Crippen LogP contribution < -0.4 is 38.1 Å². The summed E-state index contributed by atoms with van der Waals surface area (Å²) in [5, 5.41) is 42.1. The van der Waals surface area contributed by atoms with Gasteiger partial charge in [0.15, 0.2) is 0 Å². The summed E-state index contributed by atoms with van der Waals surface area (Å²) < 4.78 is 0. The molecule has 3 fully saturated rings. The fourth-order valence-corrected chi connectivity index (χ4v) is 8.90. The van der Waals surface area contributed by atoms with Gasteiger partial charge >= 0.3 is 11.9 Å². The molecular weight excluding hydrogens is 901 g/mol. The fraction of sp³-hybridized carbons (Fsp3) is 0.652. The first-order valence-electron chi connectivity index (χ1n) is 23.8. The zero-order valence-corrected chi connectivity index (χ0v) is 39.8. The van der Waals surface area contributed by atoms with E-state index in [1.165, 1.54) is 52.8 Å². The highest BCUT2D eigenvalue weighted by Crippen LogP contribution is 2.24. The molecule has 3 heterocycles. The molecule has 0 aliphatic carbocycles. The lowest BCUT2D eigenvalue weighted by Crippen LogP contribution is -2.60. The number of carboxylic acids is 2. The molecule has 0 spiro atoms. The van der Waals surface area contributed by atoms with Crippen LogP contribution in [0.15, 0.2) is 24.3 Å². The second kappa shape index (κ2) is 25.8. The van der Waals surface area contributed by atoms with Crippen molar-refractivity contribution in [1.82, 2.24) is 41.3 Å². The van der Waals surface area contributed by atoms with E-state index in [2.05, 4.69) is 26.6 Å². The first-order valence-corrected chi connectivity index (χ1v) is 23.8. The van der Waals surface area contributed by atoms with E-state index in [4.69, 9.17) is 11.5 Å². The van der Waals surface area contributed by atoms with Gasteiger partial charge in [-0.25, -0.2) is 0 Å². The number of hydrogen-bond donors (Lipinski definition) is 10. The quantitative estimate of drug-likeness (QED) is 0.0524. The summed E-state index contributed by atoms with van der Waals surface area (Å²) in [6.07, 6.45) is 2.41. The Morgan fingerprint density at radius 2 is 1.14 bits per heavy atom. The highest BCUT2D eigenvalue weighted by Gasteiger charge is 2.43. The minimum Gasteiger partial charge on any atom is -0.508 e. The Labute approximate surface area is 401 Å². The van der Waals surface area contributed by atoms with Crippen LogP contribution in [0.25, 0.3) is 0 Å². The molecule has 8 amide bonds. The number of phenols is 1. The van der Waals surface area contributed by atoms with Crippen LogP contribution >= 0.6 is 0 Å². The number of carboxylic acid groups (broad SMARTS) is 2. The van der Waals surface area contributed by atoms with Crippen molar-refractivity contribution >= 4 is 59.2 Å². The van der Waals surface area contributed by atoms with Crippen LogP contribution in [0.1, 0.15) is 104 Å². The van der Waals surface area contributed by atoms with Gasteiger partial charge in [0, 0.05) is 26.1 Å². The summed E-state index contributed by atoms with van der Waals surface area (Å²) in [6, 6.07) is -4.98. The second-order valence-corrected chi connectivity index (χ2v) is 18.2. The normalized spacial score (nSPS) is 20.9. The van der Waals surface area contributed by atoms with Gasteiger partial charge in [-0.1, -0.05) is 32.4 Å². The summed E-state index contributed by atoms with van der Waals surface area (Å²) in [7, 11) is 0. The van der Waals surface area contributed by atoms with Gasteiger partial charge in [0.25, 0.3) is 0 Å². The monoisotopic (exact) mass is 971 g/mol. The van der Waals surface area contributed by atoms with Crippen LogP contribution in [0.4, 0.5) is 0 Å². The molecule has 10 atom stereocenters. The van der Waals surface area contributed by atoms with Crippen LogP contribution in [0, 0.1) is 5.92 Å². The Kier molecular flexibility index (Phi) is 20.7. The number of nitrogens with zero attached hydrogens (tertiary/aromatic N) is 3. The number of rotatable bonds is 24. The van der Waals surface area contributed by atoms with Gasteiger partial charge in [-0.2, -0.15) is 0 Å². The number of nitrogens with one attached hydrogen (secondary N) is 5. The Bertz CT molecular complexity index is 2040. The number of unbranched alkanes of at least 4 members (excludes halogenated alkanes) is 1. The van der Waals surface area contributed by atoms with E-state index >= 15 is 0 Å². The van der Waals surface area contributed by atoms with Gasteiger partial charge in [-0.15, -0.1) is 0 Å². The molecular formula is C46H70N10O13. The third kappa shape index (κ3) is 15.1. The molecule has 0 radical (unpaired) electrons. The van der Waals surface area contributed by atoms with Crippen LogP contribution in [0.5, 0.6) is 5.75 Å². The molecule has 12 N–H and O–H groups in total. The lowest BCUT2D eigenvalue weighted by molar-refractivity contribution is -0.145. The maximum absolute atomic E-state index is 14.5. The maximum Gasteiger partial charge on any atom is 0.325 e. The fourth-order valence-electron chi connectivity index (χ4n) is 8.90. The number of nitrogens with two attached hydrogens (primary N) is 2. The van der Waals surface area contributed by atoms with Crippen molar-refractivity contribution in [3.8, 4) is 5.75 Å². The molecule has 4 rings (SSSR count). The summed E-state index contributed by atoms with van der Waals surface area (Å²) in [5.74, 6) is -8.88. The zero-order chi connectivity index (χ0) is 51.1. The molecule has 0 bridgehead atoms. The van der Waals surface area contributed by atoms with Crippen molar-refractivity contribution in [2.45, 2.75) is 159 Å². The van der Waals surface area contributed by atoms with E-state index in [-0.39, 0.29) is 44.5 Å².